The molecule has 0 bridgehead atoms. The number of nitrogens with two attached hydrogens (primary N) is 1. The first kappa shape index (κ1) is 14.8. The van der Waals surface area contributed by atoms with E-state index in [9.17, 15) is 22.8 Å². The highest BCUT2D eigenvalue weighted by atomic mass is 19.4. The number of halogens is 3. The van der Waals surface area contributed by atoms with E-state index in [0.717, 1.165) is 12.1 Å². The maximum Gasteiger partial charge on any atom is 0.416 e. The van der Waals surface area contributed by atoms with Crippen molar-refractivity contribution in [2.75, 3.05) is 5.32 Å². The molecule has 0 fully saturated rings. The lowest BCUT2D eigenvalue weighted by Crippen LogP contribution is -2.44. The third-order valence-electron chi connectivity index (χ3n) is 2.21. The van der Waals surface area contributed by atoms with Crippen LogP contribution in [0.4, 0.5) is 23.7 Å². The van der Waals surface area contributed by atoms with Gasteiger partial charge in [0.1, 0.15) is 6.04 Å². The van der Waals surface area contributed by atoms with Crippen molar-refractivity contribution < 1.29 is 22.8 Å². The Bertz CT molecular complexity index is 488. The van der Waals surface area contributed by atoms with Gasteiger partial charge in [-0.25, -0.2) is 4.79 Å². The minimum absolute atomic E-state index is 0.0158. The van der Waals surface area contributed by atoms with E-state index in [1.807, 2.05) is 0 Å². The van der Waals surface area contributed by atoms with Gasteiger partial charge in [0.05, 0.1) is 5.56 Å². The summed E-state index contributed by atoms with van der Waals surface area (Å²) >= 11 is 0. The minimum Gasteiger partial charge on any atom is -0.352 e. The number of carbonyl (C=O) groups excluding carboxylic acids is 2. The first-order valence-corrected chi connectivity index (χ1v) is 5.24. The second-order valence-electron chi connectivity index (χ2n) is 3.80. The van der Waals surface area contributed by atoms with Crippen LogP contribution in [0.3, 0.4) is 0 Å². The molecule has 1 aromatic rings. The summed E-state index contributed by atoms with van der Waals surface area (Å²) in [6.45, 7) is 1.35. The molecular weight excluding hydrogens is 263 g/mol. The van der Waals surface area contributed by atoms with Gasteiger partial charge in [-0.1, -0.05) is 6.07 Å². The molecule has 5 nitrogen and oxygen atoms in total. The lowest BCUT2D eigenvalue weighted by Gasteiger charge is -2.13. The maximum atomic E-state index is 12.4. The van der Waals surface area contributed by atoms with Crippen molar-refractivity contribution in [3.63, 3.8) is 0 Å². The third kappa shape index (κ3) is 4.49. The van der Waals surface area contributed by atoms with E-state index in [4.69, 9.17) is 5.73 Å². The van der Waals surface area contributed by atoms with Gasteiger partial charge >= 0.3 is 12.2 Å². The topological polar surface area (TPSA) is 84.2 Å². The van der Waals surface area contributed by atoms with Gasteiger partial charge in [-0.3, -0.25) is 4.79 Å². The summed E-state index contributed by atoms with van der Waals surface area (Å²) < 4.78 is 37.3. The standard InChI is InChI=1S/C11H12F3N3O2/c1-6(16-10(15)19)9(18)17-8-4-2-3-7(5-8)11(12,13)14/h2-6H,1H3,(H,17,18)(H3,15,16,19)/t6-/m1/s1. The van der Waals surface area contributed by atoms with E-state index >= 15 is 0 Å². The SMILES string of the molecule is C[C@@H](NC(N)=O)C(=O)Nc1cccc(C(F)(F)F)c1. The van der Waals surface area contributed by atoms with Crippen LogP contribution in [0, 0.1) is 0 Å². The van der Waals surface area contributed by atoms with Crippen molar-refractivity contribution in [3.05, 3.63) is 29.8 Å². The van der Waals surface area contributed by atoms with Crippen LogP contribution >= 0.6 is 0 Å². The third-order valence-corrected chi connectivity index (χ3v) is 2.21. The number of anilines is 1. The fourth-order valence-corrected chi connectivity index (χ4v) is 1.30. The summed E-state index contributed by atoms with van der Waals surface area (Å²) in [5.74, 6) is -0.668. The highest BCUT2D eigenvalue weighted by molar-refractivity contribution is 5.96. The van der Waals surface area contributed by atoms with Crippen LogP contribution in [0.15, 0.2) is 24.3 Å². The number of rotatable bonds is 3. The predicted molar refractivity (Wildman–Crippen MR) is 62.3 cm³/mol. The van der Waals surface area contributed by atoms with Gasteiger partial charge in [-0.2, -0.15) is 13.2 Å². The molecule has 1 atom stereocenters. The van der Waals surface area contributed by atoms with Crippen LogP contribution in [-0.2, 0) is 11.0 Å². The van der Waals surface area contributed by atoms with Crippen LogP contribution in [0.2, 0.25) is 0 Å². The molecular formula is C11H12F3N3O2. The Morgan fingerprint density at radius 2 is 1.95 bits per heavy atom. The fourth-order valence-electron chi connectivity index (χ4n) is 1.30. The number of carbonyl (C=O) groups is 2. The number of primary amides is 1. The normalized spacial score (nSPS) is 12.6. The van der Waals surface area contributed by atoms with Crippen LogP contribution in [-0.4, -0.2) is 18.0 Å². The van der Waals surface area contributed by atoms with Crippen molar-refractivity contribution in [1.82, 2.24) is 5.32 Å². The first-order valence-electron chi connectivity index (χ1n) is 5.24. The molecule has 1 aromatic carbocycles. The molecule has 0 spiro atoms. The summed E-state index contributed by atoms with van der Waals surface area (Å²) in [5.41, 5.74) is 3.94. The molecule has 0 unspecified atom stereocenters. The molecule has 0 saturated heterocycles. The Hall–Kier alpha value is -2.25. The maximum absolute atomic E-state index is 12.4. The molecule has 0 saturated carbocycles. The van der Waals surface area contributed by atoms with E-state index in [-0.39, 0.29) is 5.69 Å². The van der Waals surface area contributed by atoms with Gasteiger partial charge < -0.3 is 16.4 Å². The molecule has 8 heteroatoms. The van der Waals surface area contributed by atoms with E-state index < -0.39 is 29.7 Å². The second-order valence-corrected chi connectivity index (χ2v) is 3.80. The van der Waals surface area contributed by atoms with E-state index in [2.05, 4.69) is 10.6 Å². The summed E-state index contributed by atoms with van der Waals surface area (Å²) in [4.78, 5) is 22.1. The lowest BCUT2D eigenvalue weighted by molar-refractivity contribution is -0.137. The van der Waals surface area contributed by atoms with E-state index in [1.165, 1.54) is 19.1 Å². The average Bonchev–Trinajstić information content (AvgIpc) is 2.27. The summed E-state index contributed by atoms with van der Waals surface area (Å²) in [7, 11) is 0. The van der Waals surface area contributed by atoms with Gasteiger partial charge in [0.2, 0.25) is 5.91 Å². The van der Waals surface area contributed by atoms with Gasteiger partial charge in [0.25, 0.3) is 0 Å². The monoisotopic (exact) mass is 275 g/mol. The molecule has 3 amide bonds. The number of alkyl halides is 3. The molecule has 0 aromatic heterocycles. The summed E-state index contributed by atoms with van der Waals surface area (Å²) in [6, 6.07) is 2.32. The van der Waals surface area contributed by atoms with Crippen molar-refractivity contribution in [2.24, 2.45) is 5.73 Å². The zero-order valence-electron chi connectivity index (χ0n) is 9.91. The molecule has 0 aliphatic heterocycles. The fraction of sp³-hybridized carbons (Fsp3) is 0.273. The Morgan fingerprint density at radius 1 is 1.32 bits per heavy atom. The Labute approximate surface area is 107 Å². The summed E-state index contributed by atoms with van der Waals surface area (Å²) in [5, 5.41) is 4.36. The van der Waals surface area contributed by atoms with Gasteiger partial charge in [-0.15, -0.1) is 0 Å². The highest BCUT2D eigenvalue weighted by Crippen LogP contribution is 2.30. The zero-order valence-corrected chi connectivity index (χ0v) is 9.91. The van der Waals surface area contributed by atoms with Gasteiger partial charge in [0.15, 0.2) is 0 Å². The lowest BCUT2D eigenvalue weighted by atomic mass is 10.2. The van der Waals surface area contributed by atoms with Gasteiger partial charge in [-0.05, 0) is 25.1 Å². The quantitative estimate of drug-likeness (QED) is 0.784. The first-order chi connectivity index (χ1) is 8.70. The number of nitrogens with one attached hydrogen (secondary N) is 2. The number of amides is 3. The predicted octanol–water partition coefficient (Wildman–Crippen LogP) is 1.70. The van der Waals surface area contributed by atoms with Gasteiger partial charge in [0, 0.05) is 5.69 Å². The molecule has 0 aliphatic carbocycles. The minimum atomic E-state index is -4.49. The molecule has 104 valence electrons. The molecule has 19 heavy (non-hydrogen) atoms. The molecule has 0 radical (unpaired) electrons. The number of urea groups is 1. The van der Waals surface area contributed by atoms with E-state index in [1.54, 1.807) is 0 Å². The average molecular weight is 275 g/mol. The molecule has 4 N–H and O–H groups in total. The van der Waals surface area contributed by atoms with Crippen LogP contribution in [0.1, 0.15) is 12.5 Å². The Morgan fingerprint density at radius 3 is 2.47 bits per heavy atom. The zero-order chi connectivity index (χ0) is 14.6. The van der Waals surface area contributed by atoms with Crippen molar-refractivity contribution in [2.45, 2.75) is 19.1 Å². The Balaban J connectivity index is 2.77. The van der Waals surface area contributed by atoms with Crippen molar-refractivity contribution in [1.29, 1.82) is 0 Å². The van der Waals surface area contributed by atoms with Crippen molar-refractivity contribution >= 4 is 17.6 Å². The number of benzene rings is 1. The molecule has 1 rings (SSSR count). The summed E-state index contributed by atoms with van der Waals surface area (Å²) in [6.07, 6.45) is -4.49. The smallest absolute Gasteiger partial charge is 0.352 e. The highest BCUT2D eigenvalue weighted by Gasteiger charge is 2.30. The molecule has 0 heterocycles. The second kappa shape index (κ2) is 5.59. The number of hydrogen-bond donors (Lipinski definition) is 3. The van der Waals surface area contributed by atoms with Crippen LogP contribution < -0.4 is 16.4 Å². The van der Waals surface area contributed by atoms with Crippen molar-refractivity contribution in [3.8, 4) is 0 Å². The number of hydrogen-bond acceptors (Lipinski definition) is 2. The van der Waals surface area contributed by atoms with Crippen LogP contribution in [0.5, 0.6) is 0 Å². The largest absolute Gasteiger partial charge is 0.416 e. The van der Waals surface area contributed by atoms with E-state index in [0.29, 0.717) is 0 Å². The van der Waals surface area contributed by atoms with Crippen LogP contribution in [0.25, 0.3) is 0 Å². The Kier molecular flexibility index (Phi) is 4.36. The molecule has 0 aliphatic rings.